The maximum Gasteiger partial charge on any atom is 0.336 e. The Morgan fingerprint density at radius 3 is 2.28 bits per heavy atom. The van der Waals surface area contributed by atoms with E-state index in [1.807, 2.05) is 0 Å². The number of hydrogen-bond acceptors (Lipinski definition) is 9. The molecule has 1 heterocycles. The van der Waals surface area contributed by atoms with E-state index in [1.54, 1.807) is 42.5 Å². The fourth-order valence-corrected chi connectivity index (χ4v) is 4.41. The SMILES string of the molecule is C#CCOCCOCCOCCOCCNC(=O)c1ccc(C(=O)O)c(-c2c3ccc(=N)cc-3oc3cc(N)ccc23)c1. The first-order chi connectivity index (χ1) is 20.9. The Labute approximate surface area is 248 Å². The number of ether oxygens (including phenoxy) is 4. The Bertz CT molecular complexity index is 1640. The normalized spacial score (nSPS) is 11.0. The largest absolute Gasteiger partial charge is 0.478 e. The number of nitrogens with one attached hydrogen (secondary N) is 2. The molecule has 0 aromatic heterocycles. The van der Waals surface area contributed by atoms with Crippen LogP contribution in [0.4, 0.5) is 5.69 Å². The average Bonchev–Trinajstić information content (AvgIpc) is 2.99. The summed E-state index contributed by atoms with van der Waals surface area (Å²) < 4.78 is 27.4. The third-order valence-corrected chi connectivity index (χ3v) is 6.36. The van der Waals surface area contributed by atoms with Crippen molar-refractivity contribution in [2.75, 3.05) is 65.1 Å². The lowest BCUT2D eigenvalue weighted by atomic mass is 9.89. The van der Waals surface area contributed by atoms with Crippen LogP contribution in [0.15, 0.2) is 59.0 Å². The number of carboxylic acids is 1. The van der Waals surface area contributed by atoms with Crippen molar-refractivity contribution in [1.29, 1.82) is 5.41 Å². The molecule has 0 fully saturated rings. The number of benzene rings is 3. The van der Waals surface area contributed by atoms with E-state index in [-0.39, 0.29) is 42.1 Å². The molecule has 2 aromatic rings. The molecule has 11 nitrogen and oxygen atoms in total. The molecule has 0 atom stereocenters. The van der Waals surface area contributed by atoms with E-state index in [4.69, 9.17) is 40.9 Å². The van der Waals surface area contributed by atoms with Crippen molar-refractivity contribution in [3.63, 3.8) is 0 Å². The second-order valence-corrected chi connectivity index (χ2v) is 9.36. The molecular weight excluding hydrogens is 554 g/mol. The number of aromatic carboxylic acids is 1. The van der Waals surface area contributed by atoms with Crippen molar-refractivity contribution in [3.8, 4) is 34.8 Å². The molecular formula is C32H33N3O8. The van der Waals surface area contributed by atoms with Crippen LogP contribution in [0.5, 0.6) is 0 Å². The highest BCUT2D eigenvalue weighted by Gasteiger charge is 2.23. The van der Waals surface area contributed by atoms with E-state index in [9.17, 15) is 14.7 Å². The summed E-state index contributed by atoms with van der Waals surface area (Å²) in [6.07, 6.45) is 5.09. The van der Waals surface area contributed by atoms with Gasteiger partial charge in [-0.25, -0.2) is 4.79 Å². The molecule has 0 unspecified atom stereocenters. The maximum atomic E-state index is 13.0. The molecule has 2 aromatic carbocycles. The van der Waals surface area contributed by atoms with Gasteiger partial charge in [-0.15, -0.1) is 6.42 Å². The molecule has 0 saturated carbocycles. The summed E-state index contributed by atoms with van der Waals surface area (Å²) in [5.74, 6) is 1.25. The number of carbonyl (C=O) groups is 2. The van der Waals surface area contributed by atoms with Gasteiger partial charge < -0.3 is 44.9 Å². The summed E-state index contributed by atoms with van der Waals surface area (Å²) in [7, 11) is 0. The maximum absolute atomic E-state index is 13.0. The fourth-order valence-electron chi connectivity index (χ4n) is 4.41. The first-order valence-electron chi connectivity index (χ1n) is 13.6. The zero-order valence-corrected chi connectivity index (χ0v) is 23.5. The lowest BCUT2D eigenvalue weighted by Gasteiger charge is -2.18. The van der Waals surface area contributed by atoms with Gasteiger partial charge >= 0.3 is 5.97 Å². The fraction of sp³-hybridized carbons (Fsp3) is 0.281. The molecule has 0 bridgehead atoms. The van der Waals surface area contributed by atoms with Gasteiger partial charge in [0.05, 0.1) is 57.2 Å². The topological polar surface area (TPSA) is 166 Å². The van der Waals surface area contributed by atoms with Crippen LogP contribution < -0.4 is 16.4 Å². The van der Waals surface area contributed by atoms with Gasteiger partial charge in [0.15, 0.2) is 0 Å². The highest BCUT2D eigenvalue weighted by atomic mass is 16.6. The third-order valence-electron chi connectivity index (χ3n) is 6.36. The summed E-state index contributed by atoms with van der Waals surface area (Å²) in [6, 6.07) is 14.4. The van der Waals surface area contributed by atoms with E-state index in [1.165, 1.54) is 12.1 Å². The van der Waals surface area contributed by atoms with E-state index >= 15 is 0 Å². The predicted molar refractivity (Wildman–Crippen MR) is 160 cm³/mol. The molecule has 224 valence electrons. The average molecular weight is 588 g/mol. The monoisotopic (exact) mass is 587 g/mol. The van der Waals surface area contributed by atoms with Crippen LogP contribution in [-0.4, -0.2) is 76.4 Å². The number of nitrogens with two attached hydrogens (primary N) is 1. The number of nitrogen functional groups attached to an aromatic ring is 1. The molecule has 1 aliphatic carbocycles. The number of carboxylic acid groups (broad SMARTS) is 1. The van der Waals surface area contributed by atoms with Gasteiger partial charge in [-0.3, -0.25) is 4.79 Å². The smallest absolute Gasteiger partial charge is 0.336 e. The van der Waals surface area contributed by atoms with Crippen LogP contribution in [0, 0.1) is 17.8 Å². The summed E-state index contributed by atoms with van der Waals surface area (Å²) in [4.78, 5) is 25.3. The Kier molecular flexibility index (Phi) is 11.2. The Morgan fingerprint density at radius 1 is 0.884 bits per heavy atom. The minimum atomic E-state index is -1.15. The second-order valence-electron chi connectivity index (χ2n) is 9.36. The number of carbonyl (C=O) groups excluding carboxylic acids is 1. The van der Waals surface area contributed by atoms with Crippen molar-refractivity contribution >= 4 is 28.5 Å². The van der Waals surface area contributed by atoms with Crippen LogP contribution in [0.3, 0.4) is 0 Å². The highest BCUT2D eigenvalue weighted by molar-refractivity contribution is 6.09. The molecule has 1 amide bonds. The summed E-state index contributed by atoms with van der Waals surface area (Å²) in [6.45, 7) is 3.23. The van der Waals surface area contributed by atoms with E-state index in [0.29, 0.717) is 78.7 Å². The quantitative estimate of drug-likeness (QED) is 0.0665. The van der Waals surface area contributed by atoms with Gasteiger partial charge in [0.1, 0.15) is 18.0 Å². The number of terminal acetylenes is 1. The van der Waals surface area contributed by atoms with Gasteiger partial charge in [0, 0.05) is 46.4 Å². The first kappa shape index (κ1) is 31.2. The Hall–Kier alpha value is -4.73. The second kappa shape index (κ2) is 15.5. The Morgan fingerprint density at radius 2 is 1.58 bits per heavy atom. The number of hydrogen-bond donors (Lipinski definition) is 4. The van der Waals surface area contributed by atoms with Gasteiger partial charge in [-0.2, -0.15) is 0 Å². The first-order valence-corrected chi connectivity index (χ1v) is 13.6. The van der Waals surface area contributed by atoms with E-state index in [0.717, 1.165) is 0 Å². The van der Waals surface area contributed by atoms with E-state index in [2.05, 4.69) is 11.2 Å². The standard InChI is InChI=1S/C32H33N3O8/c1-2-10-39-12-14-41-16-17-42-15-13-40-11-9-35-31(36)21-3-6-24(32(37)38)27(18-21)30-25-7-4-22(33)19-28(25)43-29-20-23(34)5-8-26(29)30/h1,3-8,18-20,33H,9-17,34H2,(H,35,36)(H,37,38). The predicted octanol–water partition coefficient (Wildman–Crippen LogP) is 3.39. The number of rotatable bonds is 16. The van der Waals surface area contributed by atoms with Crippen LogP contribution in [-0.2, 0) is 18.9 Å². The summed E-state index contributed by atoms with van der Waals surface area (Å²) in [5, 5.41) is 21.7. The Balaban J connectivity index is 1.38. The number of amides is 1. The molecule has 4 rings (SSSR count). The van der Waals surface area contributed by atoms with Crippen molar-refractivity contribution in [1.82, 2.24) is 5.32 Å². The van der Waals surface area contributed by atoms with Crippen molar-refractivity contribution < 1.29 is 38.1 Å². The van der Waals surface area contributed by atoms with Gasteiger partial charge in [0.25, 0.3) is 5.91 Å². The lowest BCUT2D eigenvalue weighted by Crippen LogP contribution is -2.27. The van der Waals surface area contributed by atoms with Crippen molar-refractivity contribution in [2.45, 2.75) is 0 Å². The molecule has 2 aliphatic rings. The lowest BCUT2D eigenvalue weighted by molar-refractivity contribution is 0.00176. The van der Waals surface area contributed by atoms with Crippen molar-refractivity contribution in [3.05, 3.63) is 71.1 Å². The molecule has 0 radical (unpaired) electrons. The van der Waals surface area contributed by atoms with Crippen LogP contribution >= 0.6 is 0 Å². The molecule has 11 heteroatoms. The molecule has 0 saturated heterocycles. The van der Waals surface area contributed by atoms with Crippen LogP contribution in [0.1, 0.15) is 20.7 Å². The van der Waals surface area contributed by atoms with Gasteiger partial charge in [-0.05, 0) is 48.0 Å². The van der Waals surface area contributed by atoms with Crippen LogP contribution in [0.25, 0.3) is 33.4 Å². The van der Waals surface area contributed by atoms with Crippen LogP contribution in [0.2, 0.25) is 0 Å². The zero-order chi connectivity index (χ0) is 30.6. The van der Waals surface area contributed by atoms with Gasteiger partial charge in [-0.1, -0.05) is 5.92 Å². The number of fused-ring (bicyclic) bond motifs is 2. The minimum Gasteiger partial charge on any atom is -0.478 e. The molecule has 43 heavy (non-hydrogen) atoms. The molecule has 1 aliphatic heterocycles. The molecule has 0 spiro atoms. The minimum absolute atomic E-state index is 0.0167. The van der Waals surface area contributed by atoms with Crippen molar-refractivity contribution in [2.24, 2.45) is 0 Å². The highest BCUT2D eigenvalue weighted by Crippen LogP contribution is 2.41. The third kappa shape index (κ3) is 8.41. The molecule has 5 N–H and O–H groups in total. The summed E-state index contributed by atoms with van der Waals surface area (Å²) >= 11 is 0. The summed E-state index contributed by atoms with van der Waals surface area (Å²) in [5.41, 5.74) is 8.68. The zero-order valence-electron chi connectivity index (χ0n) is 23.5. The van der Waals surface area contributed by atoms with Gasteiger partial charge in [0.2, 0.25) is 0 Å². The number of anilines is 1. The van der Waals surface area contributed by atoms with E-state index < -0.39 is 5.97 Å².